The average molecular weight is 314 g/mol. The molecule has 1 rings (SSSR count). The summed E-state index contributed by atoms with van der Waals surface area (Å²) in [5, 5.41) is 4.07. The van der Waals surface area contributed by atoms with E-state index in [4.69, 9.17) is 0 Å². The zero-order valence-electron chi connectivity index (χ0n) is 9.04. The molecule has 96 valence electrons. The van der Waals surface area contributed by atoms with Gasteiger partial charge in [-0.05, 0) is 6.07 Å². The summed E-state index contributed by atoms with van der Waals surface area (Å²) in [5.74, 6) is -0.720. The van der Waals surface area contributed by atoms with Gasteiger partial charge in [0.15, 0.2) is 0 Å². The Labute approximate surface area is 105 Å². The summed E-state index contributed by atoms with van der Waals surface area (Å²) in [6.45, 7) is -1.29. The van der Waals surface area contributed by atoms with Crippen LogP contribution in [0.1, 0.15) is 10.5 Å². The molecule has 1 aromatic rings. The van der Waals surface area contributed by atoms with Gasteiger partial charge < -0.3 is 4.90 Å². The van der Waals surface area contributed by atoms with Gasteiger partial charge in [-0.2, -0.15) is 18.3 Å². The SMILES string of the molecule is Cn1ccc(C(=O)N(CCBr)CC(F)(F)F)n1. The maximum absolute atomic E-state index is 12.3. The van der Waals surface area contributed by atoms with Gasteiger partial charge in [0.2, 0.25) is 0 Å². The van der Waals surface area contributed by atoms with Crippen molar-refractivity contribution in [2.75, 3.05) is 18.4 Å². The minimum absolute atomic E-state index is 0.0118. The number of alkyl halides is 4. The molecule has 0 spiro atoms. The molecule has 0 fully saturated rings. The predicted octanol–water partition coefficient (Wildman–Crippen LogP) is 1.82. The fourth-order valence-corrected chi connectivity index (χ4v) is 1.69. The van der Waals surface area contributed by atoms with Gasteiger partial charge in [0, 0.05) is 25.1 Å². The first-order valence-corrected chi connectivity index (χ1v) is 5.87. The number of aryl methyl sites for hydroxylation is 1. The first-order chi connectivity index (χ1) is 7.83. The number of halogens is 4. The molecule has 0 saturated heterocycles. The monoisotopic (exact) mass is 313 g/mol. The van der Waals surface area contributed by atoms with Crippen molar-refractivity contribution < 1.29 is 18.0 Å². The van der Waals surface area contributed by atoms with E-state index in [0.29, 0.717) is 0 Å². The normalized spacial score (nSPS) is 11.6. The smallest absolute Gasteiger partial charge is 0.327 e. The molecule has 17 heavy (non-hydrogen) atoms. The zero-order chi connectivity index (χ0) is 13.1. The van der Waals surface area contributed by atoms with E-state index in [2.05, 4.69) is 21.0 Å². The molecule has 1 aromatic heterocycles. The first-order valence-electron chi connectivity index (χ1n) is 4.75. The molecule has 0 unspecified atom stereocenters. The quantitative estimate of drug-likeness (QED) is 0.795. The molecule has 0 atom stereocenters. The molecule has 0 radical (unpaired) electrons. The third-order valence-electron chi connectivity index (χ3n) is 1.94. The molecule has 0 N–H and O–H groups in total. The van der Waals surface area contributed by atoms with Crippen molar-refractivity contribution in [3.63, 3.8) is 0 Å². The molecule has 0 aliphatic heterocycles. The van der Waals surface area contributed by atoms with E-state index in [1.54, 1.807) is 7.05 Å². The largest absolute Gasteiger partial charge is 0.406 e. The molecule has 0 saturated carbocycles. The second-order valence-electron chi connectivity index (χ2n) is 3.41. The van der Waals surface area contributed by atoms with Gasteiger partial charge in [0.25, 0.3) is 5.91 Å². The van der Waals surface area contributed by atoms with Crippen molar-refractivity contribution in [3.05, 3.63) is 18.0 Å². The molecule has 0 aromatic carbocycles. The van der Waals surface area contributed by atoms with Crippen molar-refractivity contribution in [1.82, 2.24) is 14.7 Å². The van der Waals surface area contributed by atoms with Crippen LogP contribution in [0.4, 0.5) is 13.2 Å². The molecular formula is C9H11BrF3N3O. The number of amides is 1. The number of hydrogen-bond donors (Lipinski definition) is 0. The van der Waals surface area contributed by atoms with Crippen molar-refractivity contribution in [2.45, 2.75) is 6.18 Å². The lowest BCUT2D eigenvalue weighted by Gasteiger charge is -2.22. The number of carbonyl (C=O) groups excluding carboxylic acids is 1. The summed E-state index contributed by atoms with van der Waals surface area (Å²) in [4.78, 5) is 12.5. The minimum atomic E-state index is -4.41. The number of hydrogen-bond acceptors (Lipinski definition) is 2. The van der Waals surface area contributed by atoms with Crippen LogP contribution in [-0.2, 0) is 7.05 Å². The lowest BCUT2D eigenvalue weighted by atomic mass is 10.3. The van der Waals surface area contributed by atoms with Crippen molar-refractivity contribution in [2.24, 2.45) is 7.05 Å². The fraction of sp³-hybridized carbons (Fsp3) is 0.556. The van der Waals surface area contributed by atoms with Crippen molar-refractivity contribution in [3.8, 4) is 0 Å². The Kier molecular flexibility index (Phi) is 4.55. The van der Waals surface area contributed by atoms with E-state index >= 15 is 0 Å². The number of rotatable bonds is 4. The van der Waals surface area contributed by atoms with Crippen LogP contribution in [0.2, 0.25) is 0 Å². The van der Waals surface area contributed by atoms with Gasteiger partial charge in [0.05, 0.1) is 0 Å². The van der Waals surface area contributed by atoms with Crippen molar-refractivity contribution >= 4 is 21.8 Å². The third-order valence-corrected chi connectivity index (χ3v) is 2.30. The van der Waals surface area contributed by atoms with Gasteiger partial charge in [-0.15, -0.1) is 0 Å². The Morgan fingerprint density at radius 3 is 2.65 bits per heavy atom. The van der Waals surface area contributed by atoms with E-state index in [1.807, 2.05) is 0 Å². The standard InChI is InChI=1S/C9H11BrF3N3O/c1-15-4-2-7(14-15)8(17)16(5-3-10)6-9(11,12)13/h2,4H,3,5-6H2,1H3. The number of nitrogens with zero attached hydrogens (tertiary/aromatic N) is 3. The van der Waals surface area contributed by atoms with Crippen LogP contribution in [0.25, 0.3) is 0 Å². The van der Waals surface area contributed by atoms with Crippen LogP contribution < -0.4 is 0 Å². The van der Waals surface area contributed by atoms with Gasteiger partial charge in [-0.1, -0.05) is 15.9 Å². The summed E-state index contributed by atoms with van der Waals surface area (Å²) < 4.78 is 38.2. The number of carbonyl (C=O) groups is 1. The van der Waals surface area contributed by atoms with E-state index in [0.717, 1.165) is 4.90 Å². The summed E-state index contributed by atoms with van der Waals surface area (Å²) in [5.41, 5.74) is 0.0118. The maximum Gasteiger partial charge on any atom is 0.406 e. The Bertz CT molecular complexity index is 391. The fourth-order valence-electron chi connectivity index (χ4n) is 1.26. The average Bonchev–Trinajstić information content (AvgIpc) is 2.61. The Morgan fingerprint density at radius 1 is 1.59 bits per heavy atom. The molecule has 0 aliphatic rings. The van der Waals surface area contributed by atoms with Crippen LogP contribution in [0.5, 0.6) is 0 Å². The van der Waals surface area contributed by atoms with Crippen LogP contribution in [0, 0.1) is 0 Å². The second kappa shape index (κ2) is 5.52. The molecule has 8 heteroatoms. The summed E-state index contributed by atoms with van der Waals surface area (Å²) in [6, 6.07) is 1.39. The summed E-state index contributed by atoms with van der Waals surface area (Å²) in [6.07, 6.45) is -2.90. The molecule has 1 heterocycles. The van der Waals surface area contributed by atoms with E-state index < -0.39 is 18.6 Å². The molecule has 0 bridgehead atoms. The molecule has 1 amide bonds. The second-order valence-corrected chi connectivity index (χ2v) is 4.20. The Morgan fingerprint density at radius 2 is 2.24 bits per heavy atom. The van der Waals surface area contributed by atoms with Gasteiger partial charge in [0.1, 0.15) is 12.2 Å². The van der Waals surface area contributed by atoms with Gasteiger partial charge >= 0.3 is 6.18 Å². The van der Waals surface area contributed by atoms with Crippen LogP contribution in [0.15, 0.2) is 12.3 Å². The predicted molar refractivity (Wildman–Crippen MR) is 59.0 cm³/mol. The topological polar surface area (TPSA) is 38.1 Å². The lowest BCUT2D eigenvalue weighted by molar-refractivity contribution is -0.140. The van der Waals surface area contributed by atoms with Crippen LogP contribution >= 0.6 is 15.9 Å². The first kappa shape index (κ1) is 14.0. The number of aromatic nitrogens is 2. The van der Waals surface area contributed by atoms with E-state index in [-0.39, 0.29) is 17.6 Å². The van der Waals surface area contributed by atoms with Crippen LogP contribution in [0.3, 0.4) is 0 Å². The zero-order valence-corrected chi connectivity index (χ0v) is 10.6. The molecular weight excluding hydrogens is 303 g/mol. The molecule has 0 aliphatic carbocycles. The molecule has 4 nitrogen and oxygen atoms in total. The summed E-state index contributed by atoms with van der Waals surface area (Å²) >= 11 is 3.02. The van der Waals surface area contributed by atoms with Gasteiger partial charge in [-0.3, -0.25) is 9.48 Å². The van der Waals surface area contributed by atoms with Crippen molar-refractivity contribution in [1.29, 1.82) is 0 Å². The van der Waals surface area contributed by atoms with Gasteiger partial charge in [-0.25, -0.2) is 0 Å². The highest BCUT2D eigenvalue weighted by atomic mass is 79.9. The lowest BCUT2D eigenvalue weighted by Crippen LogP contribution is -2.40. The Hall–Kier alpha value is -1.05. The minimum Gasteiger partial charge on any atom is -0.327 e. The Balaban J connectivity index is 2.80. The maximum atomic E-state index is 12.3. The summed E-state index contributed by atoms with van der Waals surface area (Å²) in [7, 11) is 1.59. The van der Waals surface area contributed by atoms with E-state index in [1.165, 1.54) is 16.9 Å². The third kappa shape index (κ3) is 4.37. The highest BCUT2D eigenvalue weighted by molar-refractivity contribution is 9.09. The highest BCUT2D eigenvalue weighted by Gasteiger charge is 2.33. The van der Waals surface area contributed by atoms with Crippen LogP contribution in [-0.4, -0.2) is 45.2 Å². The highest BCUT2D eigenvalue weighted by Crippen LogP contribution is 2.17. The van der Waals surface area contributed by atoms with E-state index in [9.17, 15) is 18.0 Å².